The van der Waals surface area contributed by atoms with Crippen molar-refractivity contribution in [2.24, 2.45) is 17.3 Å². The summed E-state index contributed by atoms with van der Waals surface area (Å²) in [6, 6.07) is 0.166. The van der Waals surface area contributed by atoms with Gasteiger partial charge in [-0.3, -0.25) is 4.79 Å². The van der Waals surface area contributed by atoms with E-state index in [0.717, 1.165) is 19.3 Å². The van der Waals surface area contributed by atoms with Crippen LogP contribution in [-0.2, 0) is 4.79 Å². The van der Waals surface area contributed by atoms with E-state index in [-0.39, 0.29) is 17.4 Å². The summed E-state index contributed by atoms with van der Waals surface area (Å²) in [4.78, 5) is 12.6. The SMILES string of the molecule is CC(C)CC1(C(=O)NC(C)C(C)CCl)CCCC1. The molecule has 0 aliphatic heterocycles. The van der Waals surface area contributed by atoms with E-state index in [1.807, 2.05) is 0 Å². The molecule has 0 radical (unpaired) electrons. The summed E-state index contributed by atoms with van der Waals surface area (Å²) in [7, 11) is 0. The second kappa shape index (κ2) is 6.79. The van der Waals surface area contributed by atoms with Crippen molar-refractivity contribution >= 4 is 17.5 Å². The van der Waals surface area contributed by atoms with Crippen molar-refractivity contribution in [3.05, 3.63) is 0 Å². The molecule has 1 rings (SSSR count). The van der Waals surface area contributed by atoms with Crippen LogP contribution in [0.1, 0.15) is 59.8 Å². The Morgan fingerprint density at radius 3 is 2.22 bits per heavy atom. The Morgan fingerprint density at radius 2 is 1.78 bits per heavy atom. The van der Waals surface area contributed by atoms with Gasteiger partial charge in [0.1, 0.15) is 0 Å². The molecule has 1 aliphatic rings. The topological polar surface area (TPSA) is 29.1 Å². The van der Waals surface area contributed by atoms with E-state index in [2.05, 4.69) is 33.0 Å². The predicted octanol–water partition coefficient (Wildman–Crippen LogP) is 3.97. The number of nitrogens with one attached hydrogen (secondary N) is 1. The van der Waals surface area contributed by atoms with Crippen molar-refractivity contribution in [1.82, 2.24) is 5.32 Å². The molecule has 0 aromatic rings. The minimum atomic E-state index is -0.103. The Balaban J connectivity index is 2.66. The number of halogens is 1. The fourth-order valence-electron chi connectivity index (χ4n) is 2.99. The van der Waals surface area contributed by atoms with Crippen LogP contribution in [-0.4, -0.2) is 17.8 Å². The van der Waals surface area contributed by atoms with E-state index in [1.165, 1.54) is 12.8 Å². The van der Waals surface area contributed by atoms with Gasteiger partial charge in [0, 0.05) is 17.3 Å². The predicted molar refractivity (Wildman–Crippen MR) is 77.8 cm³/mol. The summed E-state index contributed by atoms with van der Waals surface area (Å²) in [6.45, 7) is 8.56. The molecule has 1 aliphatic carbocycles. The van der Waals surface area contributed by atoms with Crippen LogP contribution < -0.4 is 5.32 Å². The quantitative estimate of drug-likeness (QED) is 0.729. The Morgan fingerprint density at radius 1 is 1.22 bits per heavy atom. The first kappa shape index (κ1) is 15.8. The Kier molecular flexibility index (Phi) is 5.97. The highest BCUT2D eigenvalue weighted by atomic mass is 35.5. The number of carbonyl (C=O) groups excluding carboxylic acids is 1. The molecular weight excluding hydrogens is 246 g/mol. The molecule has 2 atom stereocenters. The van der Waals surface area contributed by atoms with Crippen molar-refractivity contribution < 1.29 is 4.79 Å². The summed E-state index contributed by atoms with van der Waals surface area (Å²) in [6.07, 6.45) is 5.51. The van der Waals surface area contributed by atoms with E-state index >= 15 is 0 Å². The van der Waals surface area contributed by atoms with Gasteiger partial charge in [-0.25, -0.2) is 0 Å². The molecule has 1 N–H and O–H groups in total. The first-order chi connectivity index (χ1) is 8.41. The molecule has 0 bridgehead atoms. The lowest BCUT2D eigenvalue weighted by Gasteiger charge is -2.32. The van der Waals surface area contributed by atoms with Gasteiger partial charge in [0.25, 0.3) is 0 Å². The average Bonchev–Trinajstić information content (AvgIpc) is 2.76. The van der Waals surface area contributed by atoms with Gasteiger partial charge in [-0.2, -0.15) is 0 Å². The first-order valence-electron chi connectivity index (χ1n) is 7.28. The Labute approximate surface area is 117 Å². The molecule has 1 amide bonds. The molecule has 1 fully saturated rings. The molecule has 2 unspecified atom stereocenters. The molecule has 0 heterocycles. The Bertz CT molecular complexity index is 272. The summed E-state index contributed by atoms with van der Waals surface area (Å²) < 4.78 is 0. The van der Waals surface area contributed by atoms with Gasteiger partial charge in [-0.15, -0.1) is 11.6 Å². The third-order valence-corrected chi connectivity index (χ3v) is 4.78. The van der Waals surface area contributed by atoms with Gasteiger partial charge in [0.05, 0.1) is 0 Å². The molecular formula is C15H28ClNO. The van der Waals surface area contributed by atoms with Crippen LogP contribution in [0.4, 0.5) is 0 Å². The standard InChI is InChI=1S/C15H28ClNO/c1-11(2)9-15(7-5-6-8-15)14(18)17-13(4)12(3)10-16/h11-13H,5-10H2,1-4H3,(H,17,18). The number of hydrogen-bond donors (Lipinski definition) is 1. The molecule has 106 valence electrons. The minimum absolute atomic E-state index is 0.103. The molecule has 2 nitrogen and oxygen atoms in total. The second-order valence-corrected chi connectivity index (χ2v) is 6.79. The number of rotatable bonds is 6. The van der Waals surface area contributed by atoms with Gasteiger partial charge in [-0.1, -0.05) is 33.6 Å². The fraction of sp³-hybridized carbons (Fsp3) is 0.933. The van der Waals surface area contributed by atoms with Crippen molar-refractivity contribution in [3.63, 3.8) is 0 Å². The molecule has 0 spiro atoms. The molecule has 1 saturated carbocycles. The lowest BCUT2D eigenvalue weighted by Crippen LogP contribution is -2.46. The van der Waals surface area contributed by atoms with Crippen molar-refractivity contribution in [2.45, 2.75) is 65.8 Å². The van der Waals surface area contributed by atoms with E-state index in [4.69, 9.17) is 11.6 Å². The monoisotopic (exact) mass is 273 g/mol. The zero-order valence-corrected chi connectivity index (χ0v) is 13.0. The summed E-state index contributed by atoms with van der Waals surface area (Å²) in [5.74, 6) is 1.76. The normalized spacial score (nSPS) is 21.9. The van der Waals surface area contributed by atoms with E-state index in [0.29, 0.717) is 17.7 Å². The largest absolute Gasteiger partial charge is 0.353 e. The van der Waals surface area contributed by atoms with Crippen molar-refractivity contribution in [1.29, 1.82) is 0 Å². The summed E-state index contributed by atoms with van der Waals surface area (Å²) in [5, 5.41) is 3.20. The van der Waals surface area contributed by atoms with Crippen LogP contribution in [0.2, 0.25) is 0 Å². The van der Waals surface area contributed by atoms with Crippen molar-refractivity contribution in [2.75, 3.05) is 5.88 Å². The fourth-order valence-corrected chi connectivity index (χ4v) is 3.26. The summed E-state index contributed by atoms with van der Waals surface area (Å²) in [5.41, 5.74) is -0.103. The second-order valence-electron chi connectivity index (χ2n) is 6.48. The maximum atomic E-state index is 12.6. The lowest BCUT2D eigenvalue weighted by atomic mass is 9.77. The Hall–Kier alpha value is -0.240. The van der Waals surface area contributed by atoms with E-state index < -0.39 is 0 Å². The number of alkyl halides is 1. The number of carbonyl (C=O) groups is 1. The maximum Gasteiger partial charge on any atom is 0.226 e. The van der Waals surface area contributed by atoms with Gasteiger partial charge < -0.3 is 5.32 Å². The highest BCUT2D eigenvalue weighted by molar-refractivity contribution is 6.18. The molecule has 0 aromatic carbocycles. The average molecular weight is 274 g/mol. The molecule has 0 saturated heterocycles. The van der Waals surface area contributed by atoms with Crippen LogP contribution in [0.25, 0.3) is 0 Å². The third kappa shape index (κ3) is 3.88. The van der Waals surface area contributed by atoms with Crippen LogP contribution >= 0.6 is 11.6 Å². The molecule has 18 heavy (non-hydrogen) atoms. The molecule has 0 aromatic heterocycles. The zero-order chi connectivity index (χ0) is 13.8. The van der Waals surface area contributed by atoms with Gasteiger partial charge >= 0.3 is 0 Å². The minimum Gasteiger partial charge on any atom is -0.353 e. The third-order valence-electron chi connectivity index (χ3n) is 4.30. The maximum absolute atomic E-state index is 12.6. The highest BCUT2D eigenvalue weighted by Crippen LogP contribution is 2.43. The lowest BCUT2D eigenvalue weighted by molar-refractivity contribution is -0.132. The van der Waals surface area contributed by atoms with Gasteiger partial charge in [-0.05, 0) is 38.0 Å². The van der Waals surface area contributed by atoms with Gasteiger partial charge in [0.15, 0.2) is 0 Å². The van der Waals surface area contributed by atoms with Crippen LogP contribution in [0, 0.1) is 17.3 Å². The zero-order valence-electron chi connectivity index (χ0n) is 12.3. The van der Waals surface area contributed by atoms with Gasteiger partial charge in [0.2, 0.25) is 5.91 Å². The summed E-state index contributed by atoms with van der Waals surface area (Å²) >= 11 is 5.86. The number of hydrogen-bond acceptors (Lipinski definition) is 1. The van der Waals surface area contributed by atoms with Crippen LogP contribution in [0.5, 0.6) is 0 Å². The highest BCUT2D eigenvalue weighted by Gasteiger charge is 2.41. The molecule has 3 heteroatoms. The van der Waals surface area contributed by atoms with E-state index in [1.54, 1.807) is 0 Å². The van der Waals surface area contributed by atoms with Crippen LogP contribution in [0.3, 0.4) is 0 Å². The van der Waals surface area contributed by atoms with Crippen LogP contribution in [0.15, 0.2) is 0 Å². The first-order valence-corrected chi connectivity index (χ1v) is 7.81. The number of amides is 1. The van der Waals surface area contributed by atoms with Crippen molar-refractivity contribution in [3.8, 4) is 0 Å². The van der Waals surface area contributed by atoms with E-state index in [9.17, 15) is 4.79 Å². The smallest absolute Gasteiger partial charge is 0.226 e.